The van der Waals surface area contributed by atoms with Crippen molar-refractivity contribution in [2.24, 2.45) is 0 Å². The lowest BCUT2D eigenvalue weighted by Crippen LogP contribution is -2.20. The van der Waals surface area contributed by atoms with Crippen LogP contribution in [-0.4, -0.2) is 28.2 Å². The first-order valence-electron chi connectivity index (χ1n) is 5.16. The van der Waals surface area contributed by atoms with Crippen LogP contribution in [0.4, 0.5) is 0 Å². The second-order valence-electron chi connectivity index (χ2n) is 3.89. The Morgan fingerprint density at radius 2 is 2.25 bits per heavy atom. The molecular formula is C11H10N2O3. The van der Waals surface area contributed by atoms with Crippen LogP contribution < -0.4 is 0 Å². The number of carbonyl (C=O) groups is 2. The quantitative estimate of drug-likeness (QED) is 0.697. The molecule has 16 heavy (non-hydrogen) atoms. The molecule has 5 heteroatoms. The number of allylic oxidation sites excluding steroid dienone is 2. The van der Waals surface area contributed by atoms with Gasteiger partial charge in [0, 0.05) is 19.0 Å². The van der Waals surface area contributed by atoms with Gasteiger partial charge >= 0.3 is 0 Å². The Bertz CT molecular complexity index is 540. The van der Waals surface area contributed by atoms with E-state index in [9.17, 15) is 9.59 Å². The summed E-state index contributed by atoms with van der Waals surface area (Å²) in [6, 6.07) is 0. The number of aromatic nitrogens is 2. The number of ketones is 2. The summed E-state index contributed by atoms with van der Waals surface area (Å²) < 4.78 is 6.74. The molecular weight excluding hydrogens is 208 g/mol. The lowest BCUT2D eigenvalue weighted by molar-refractivity contribution is 0.0907. The average Bonchev–Trinajstić information content (AvgIpc) is 2.82. The third-order valence-electron chi connectivity index (χ3n) is 2.98. The molecule has 0 saturated carbocycles. The highest BCUT2D eigenvalue weighted by molar-refractivity contribution is 6.22. The van der Waals surface area contributed by atoms with Gasteiger partial charge in [-0.15, -0.1) is 0 Å². The third-order valence-corrected chi connectivity index (χ3v) is 2.98. The van der Waals surface area contributed by atoms with E-state index < -0.39 is 0 Å². The van der Waals surface area contributed by atoms with Crippen molar-refractivity contribution >= 4 is 11.6 Å². The first kappa shape index (κ1) is 9.33. The summed E-state index contributed by atoms with van der Waals surface area (Å²) >= 11 is 0. The summed E-state index contributed by atoms with van der Waals surface area (Å²) in [7, 11) is 1.39. The maximum Gasteiger partial charge on any atom is 0.246 e. The average molecular weight is 218 g/mol. The van der Waals surface area contributed by atoms with Crippen LogP contribution in [0.5, 0.6) is 0 Å². The number of fused-ring (bicyclic) bond motifs is 3. The van der Waals surface area contributed by atoms with E-state index in [4.69, 9.17) is 4.74 Å². The number of ether oxygens (including phenoxy) is 1. The fourth-order valence-electron chi connectivity index (χ4n) is 2.25. The van der Waals surface area contributed by atoms with E-state index in [-0.39, 0.29) is 23.0 Å². The molecule has 0 amide bonds. The molecule has 1 aromatic rings. The zero-order valence-electron chi connectivity index (χ0n) is 8.82. The largest absolute Gasteiger partial charge is 0.492 e. The van der Waals surface area contributed by atoms with Gasteiger partial charge in [-0.1, -0.05) is 0 Å². The van der Waals surface area contributed by atoms with Gasteiger partial charge < -0.3 is 9.30 Å². The number of aryl methyl sites for hydroxylation is 1. The van der Waals surface area contributed by atoms with Crippen molar-refractivity contribution in [1.29, 1.82) is 0 Å². The molecule has 0 atom stereocenters. The molecule has 2 heterocycles. The Hall–Kier alpha value is -1.91. The highest BCUT2D eigenvalue weighted by Crippen LogP contribution is 2.26. The smallest absolute Gasteiger partial charge is 0.246 e. The fourth-order valence-corrected chi connectivity index (χ4v) is 2.25. The van der Waals surface area contributed by atoms with Crippen LogP contribution in [-0.2, 0) is 17.7 Å². The number of Topliss-reactive ketones (excluding diaryl/α,β-unsaturated/α-hetero) is 1. The summed E-state index contributed by atoms with van der Waals surface area (Å²) in [5.41, 5.74) is 0.678. The molecule has 0 N–H and O–H groups in total. The Balaban J connectivity index is 2.22. The Morgan fingerprint density at radius 1 is 1.44 bits per heavy atom. The Kier molecular flexibility index (Phi) is 1.77. The molecule has 0 unspecified atom stereocenters. The van der Waals surface area contributed by atoms with E-state index >= 15 is 0 Å². The third kappa shape index (κ3) is 1.02. The van der Waals surface area contributed by atoms with Crippen LogP contribution in [0.25, 0.3) is 0 Å². The summed E-state index contributed by atoms with van der Waals surface area (Å²) in [5, 5.41) is 0. The molecule has 0 saturated heterocycles. The van der Waals surface area contributed by atoms with Gasteiger partial charge in [-0.05, 0) is 6.42 Å². The highest BCUT2D eigenvalue weighted by Gasteiger charge is 2.34. The summed E-state index contributed by atoms with van der Waals surface area (Å²) in [6.07, 6.45) is 3.02. The van der Waals surface area contributed by atoms with Gasteiger partial charge in [0.05, 0.1) is 7.11 Å². The van der Waals surface area contributed by atoms with E-state index in [1.54, 1.807) is 0 Å². The summed E-state index contributed by atoms with van der Waals surface area (Å²) in [4.78, 5) is 28.0. The van der Waals surface area contributed by atoms with Crippen LogP contribution in [0, 0.1) is 0 Å². The topological polar surface area (TPSA) is 61.2 Å². The van der Waals surface area contributed by atoms with Crippen LogP contribution >= 0.6 is 0 Å². The maximum absolute atomic E-state index is 12.0. The first-order chi connectivity index (χ1) is 7.72. The van der Waals surface area contributed by atoms with Gasteiger partial charge in [-0.2, -0.15) is 0 Å². The Labute approximate surface area is 91.7 Å². The van der Waals surface area contributed by atoms with Crippen molar-refractivity contribution in [3.63, 3.8) is 0 Å². The second-order valence-corrected chi connectivity index (χ2v) is 3.89. The lowest BCUT2D eigenvalue weighted by Gasteiger charge is -2.11. The zero-order chi connectivity index (χ0) is 11.3. The van der Waals surface area contributed by atoms with Gasteiger partial charge in [-0.25, -0.2) is 4.98 Å². The molecule has 0 fully saturated rings. The van der Waals surface area contributed by atoms with Crippen molar-refractivity contribution in [2.75, 3.05) is 7.11 Å². The minimum Gasteiger partial charge on any atom is -0.492 e. The zero-order valence-corrected chi connectivity index (χ0v) is 8.82. The van der Waals surface area contributed by atoms with Crippen LogP contribution in [0.2, 0.25) is 0 Å². The van der Waals surface area contributed by atoms with Gasteiger partial charge in [0.1, 0.15) is 17.2 Å². The minimum atomic E-state index is -0.242. The summed E-state index contributed by atoms with van der Waals surface area (Å²) in [5.74, 6) is 0.454. The highest BCUT2D eigenvalue weighted by atomic mass is 16.5. The molecule has 3 rings (SSSR count). The predicted molar refractivity (Wildman–Crippen MR) is 54.3 cm³/mol. The van der Waals surface area contributed by atoms with Crippen LogP contribution in [0.3, 0.4) is 0 Å². The molecule has 1 aliphatic heterocycles. The normalized spacial score (nSPS) is 18.2. The van der Waals surface area contributed by atoms with E-state index in [1.807, 2.05) is 4.57 Å². The molecule has 2 aliphatic rings. The molecule has 0 radical (unpaired) electrons. The standard InChI is InChI=1S/C11H10N2O3/c1-16-7-5-6(14)9-10(11(7)15)13-4-2-3-8(13)12-9/h5H,2-4H2,1H3. The Morgan fingerprint density at radius 3 is 3.00 bits per heavy atom. The van der Waals surface area contributed by atoms with Crippen molar-refractivity contribution in [3.05, 3.63) is 29.0 Å². The molecule has 0 aromatic carbocycles. The van der Waals surface area contributed by atoms with Crippen LogP contribution in [0.1, 0.15) is 33.2 Å². The van der Waals surface area contributed by atoms with E-state index in [0.29, 0.717) is 5.69 Å². The van der Waals surface area contributed by atoms with Gasteiger partial charge in [0.25, 0.3) is 0 Å². The number of methoxy groups -OCH3 is 1. The van der Waals surface area contributed by atoms with Crippen LogP contribution in [0.15, 0.2) is 11.8 Å². The van der Waals surface area contributed by atoms with E-state index in [1.165, 1.54) is 13.2 Å². The first-order valence-corrected chi connectivity index (χ1v) is 5.16. The van der Waals surface area contributed by atoms with Crippen molar-refractivity contribution in [2.45, 2.75) is 19.4 Å². The minimum absolute atomic E-state index is 0.104. The number of imidazole rings is 1. The molecule has 1 aliphatic carbocycles. The molecule has 0 bridgehead atoms. The second kappa shape index (κ2) is 3.04. The number of rotatable bonds is 1. The number of hydrogen-bond acceptors (Lipinski definition) is 4. The molecule has 5 nitrogen and oxygen atoms in total. The van der Waals surface area contributed by atoms with Gasteiger partial charge in [0.2, 0.25) is 11.6 Å². The van der Waals surface area contributed by atoms with Gasteiger partial charge in [0.15, 0.2) is 5.76 Å². The number of hydrogen-bond donors (Lipinski definition) is 0. The SMILES string of the molecule is COC1=CC(=O)c2nc3n(c2C1=O)CCC3. The van der Waals surface area contributed by atoms with E-state index in [0.717, 1.165) is 25.2 Å². The number of carbonyl (C=O) groups excluding carboxylic acids is 2. The fraction of sp³-hybridized carbons (Fsp3) is 0.364. The summed E-state index contributed by atoms with van der Waals surface area (Å²) in [6.45, 7) is 0.758. The monoisotopic (exact) mass is 218 g/mol. The molecule has 82 valence electrons. The van der Waals surface area contributed by atoms with Crippen molar-refractivity contribution in [1.82, 2.24) is 9.55 Å². The van der Waals surface area contributed by atoms with Crippen molar-refractivity contribution in [3.8, 4) is 0 Å². The van der Waals surface area contributed by atoms with Crippen molar-refractivity contribution < 1.29 is 14.3 Å². The maximum atomic E-state index is 12.0. The van der Waals surface area contributed by atoms with Gasteiger partial charge in [-0.3, -0.25) is 9.59 Å². The number of nitrogens with zero attached hydrogens (tertiary/aromatic N) is 2. The molecule has 0 spiro atoms. The molecule has 1 aromatic heterocycles. The lowest BCUT2D eigenvalue weighted by atomic mass is 10.0. The predicted octanol–water partition coefficient (Wildman–Crippen LogP) is 0.739. The van der Waals surface area contributed by atoms with E-state index in [2.05, 4.69) is 4.98 Å².